The summed E-state index contributed by atoms with van der Waals surface area (Å²) >= 11 is 0. The molecular weight excluding hydrogens is 220 g/mol. The van der Waals surface area contributed by atoms with Gasteiger partial charge in [0.15, 0.2) is 0 Å². The monoisotopic (exact) mass is 238 g/mol. The van der Waals surface area contributed by atoms with Crippen molar-refractivity contribution < 1.29 is 4.74 Å². The van der Waals surface area contributed by atoms with E-state index in [1.165, 1.54) is 4.57 Å². The van der Waals surface area contributed by atoms with Crippen molar-refractivity contribution in [2.45, 2.75) is 40.0 Å². The first kappa shape index (κ1) is 12.1. The van der Waals surface area contributed by atoms with Crippen molar-refractivity contribution in [3.05, 3.63) is 32.6 Å². The maximum atomic E-state index is 11.8. The summed E-state index contributed by atoms with van der Waals surface area (Å²) in [5.41, 5.74) is -0.218. The Balaban J connectivity index is 2.46. The minimum atomic E-state index is -0.404. The molecule has 1 aliphatic heterocycles. The Labute approximate surface area is 99.4 Å². The maximum Gasteiger partial charge on any atom is 0.330 e. The summed E-state index contributed by atoms with van der Waals surface area (Å²) in [5, 5.41) is 0. The lowest BCUT2D eigenvalue weighted by Crippen LogP contribution is -2.34. The van der Waals surface area contributed by atoms with Crippen molar-refractivity contribution in [2.75, 3.05) is 0 Å². The predicted octanol–water partition coefficient (Wildman–Crippen LogP) is 1.03. The predicted molar refractivity (Wildman–Crippen MR) is 64.0 cm³/mol. The van der Waals surface area contributed by atoms with E-state index in [2.05, 4.69) is 18.8 Å². The zero-order valence-corrected chi connectivity index (χ0v) is 10.6. The first-order valence-corrected chi connectivity index (χ1v) is 5.89. The summed E-state index contributed by atoms with van der Waals surface area (Å²) in [6.45, 7) is 7.86. The van der Waals surface area contributed by atoms with Gasteiger partial charge in [-0.05, 0) is 19.8 Å². The number of H-pyrrole nitrogens is 1. The second kappa shape index (κ2) is 4.14. The van der Waals surface area contributed by atoms with Crippen molar-refractivity contribution in [2.24, 2.45) is 11.8 Å². The Hall–Kier alpha value is -1.36. The highest BCUT2D eigenvalue weighted by atomic mass is 16.5. The average Bonchev–Trinajstić information content (AvgIpc) is 2.51. The molecular formula is C12H18N2O3. The number of hydrogen-bond acceptors (Lipinski definition) is 3. The van der Waals surface area contributed by atoms with Crippen LogP contribution in [0.4, 0.5) is 0 Å². The molecule has 2 heterocycles. The molecule has 0 aromatic carbocycles. The Kier molecular flexibility index (Phi) is 2.95. The van der Waals surface area contributed by atoms with E-state index in [1.807, 2.05) is 6.92 Å². The second-order valence-corrected chi connectivity index (χ2v) is 4.93. The molecule has 0 amide bonds. The highest BCUT2D eigenvalue weighted by Gasteiger charge is 2.38. The number of aryl methyl sites for hydroxylation is 1. The van der Waals surface area contributed by atoms with E-state index in [9.17, 15) is 9.59 Å². The quantitative estimate of drug-likeness (QED) is 0.795. The third-order valence-corrected chi connectivity index (χ3v) is 3.79. The van der Waals surface area contributed by atoms with Crippen molar-refractivity contribution in [1.29, 1.82) is 0 Å². The molecule has 1 saturated heterocycles. The van der Waals surface area contributed by atoms with Crippen LogP contribution in [0, 0.1) is 18.8 Å². The number of nitrogens with zero attached hydrogens (tertiary/aromatic N) is 1. The number of aromatic nitrogens is 2. The van der Waals surface area contributed by atoms with Gasteiger partial charge in [-0.3, -0.25) is 14.3 Å². The molecule has 0 aliphatic carbocycles. The van der Waals surface area contributed by atoms with Gasteiger partial charge in [-0.15, -0.1) is 0 Å². The van der Waals surface area contributed by atoms with Crippen molar-refractivity contribution >= 4 is 0 Å². The Morgan fingerprint density at radius 3 is 2.41 bits per heavy atom. The van der Waals surface area contributed by atoms with Crippen molar-refractivity contribution in [3.8, 4) is 0 Å². The molecule has 0 radical (unpaired) electrons. The molecule has 1 aromatic heterocycles. The van der Waals surface area contributed by atoms with Gasteiger partial charge in [0, 0.05) is 17.7 Å². The van der Waals surface area contributed by atoms with Crippen LogP contribution in [0.3, 0.4) is 0 Å². The van der Waals surface area contributed by atoms with Crippen LogP contribution in [0.1, 0.15) is 32.6 Å². The third-order valence-electron chi connectivity index (χ3n) is 3.79. The van der Waals surface area contributed by atoms with E-state index < -0.39 is 5.69 Å². The highest BCUT2D eigenvalue weighted by molar-refractivity contribution is 5.02. The molecule has 0 bridgehead atoms. The van der Waals surface area contributed by atoms with Crippen LogP contribution in [0.15, 0.2) is 15.8 Å². The van der Waals surface area contributed by atoms with Crippen LogP contribution < -0.4 is 11.2 Å². The van der Waals surface area contributed by atoms with Gasteiger partial charge in [0.05, 0.1) is 6.10 Å². The Morgan fingerprint density at radius 2 is 1.88 bits per heavy atom. The normalized spacial score (nSPS) is 32.9. The molecule has 2 rings (SSSR count). The van der Waals surface area contributed by atoms with Crippen LogP contribution in [0.2, 0.25) is 0 Å². The smallest absolute Gasteiger partial charge is 0.330 e. The van der Waals surface area contributed by atoms with Gasteiger partial charge in [-0.2, -0.15) is 0 Å². The lowest BCUT2D eigenvalue weighted by molar-refractivity contribution is -0.00771. The van der Waals surface area contributed by atoms with E-state index in [0.717, 1.165) is 0 Å². The molecule has 17 heavy (non-hydrogen) atoms. The standard InChI is InChI=1S/C12H18N2O3/c1-6-5-14(12(16)13-10(6)15)11-8(3)7(2)9(4)17-11/h5,7-9,11H,1-4H3,(H,13,15,16). The van der Waals surface area contributed by atoms with Gasteiger partial charge in [-0.1, -0.05) is 13.8 Å². The van der Waals surface area contributed by atoms with Gasteiger partial charge in [0.25, 0.3) is 5.56 Å². The average molecular weight is 238 g/mol. The summed E-state index contributed by atoms with van der Waals surface area (Å²) in [5.74, 6) is 0.632. The molecule has 1 fully saturated rings. The van der Waals surface area contributed by atoms with E-state index >= 15 is 0 Å². The lowest BCUT2D eigenvalue weighted by Gasteiger charge is -2.18. The van der Waals surface area contributed by atoms with Crippen molar-refractivity contribution in [3.63, 3.8) is 0 Å². The first-order chi connectivity index (χ1) is 7.91. The molecule has 1 N–H and O–H groups in total. The maximum absolute atomic E-state index is 11.8. The summed E-state index contributed by atoms with van der Waals surface area (Å²) in [6, 6.07) is 0. The summed E-state index contributed by atoms with van der Waals surface area (Å²) in [4.78, 5) is 25.4. The molecule has 4 unspecified atom stereocenters. The molecule has 1 aromatic rings. The number of ether oxygens (including phenoxy) is 1. The molecule has 94 valence electrons. The number of nitrogens with one attached hydrogen (secondary N) is 1. The third kappa shape index (κ3) is 1.95. The molecule has 0 spiro atoms. The van der Waals surface area contributed by atoms with Crippen LogP contribution in [-0.4, -0.2) is 15.7 Å². The molecule has 0 saturated carbocycles. The number of hydrogen-bond donors (Lipinski definition) is 1. The minimum Gasteiger partial charge on any atom is -0.354 e. The van der Waals surface area contributed by atoms with E-state index in [1.54, 1.807) is 13.1 Å². The zero-order valence-electron chi connectivity index (χ0n) is 10.6. The molecule has 5 nitrogen and oxygen atoms in total. The zero-order chi connectivity index (χ0) is 12.7. The Morgan fingerprint density at radius 1 is 1.24 bits per heavy atom. The SMILES string of the molecule is Cc1cn(C2OC(C)C(C)C2C)c(=O)[nH]c1=O. The van der Waals surface area contributed by atoms with Gasteiger partial charge < -0.3 is 4.74 Å². The largest absolute Gasteiger partial charge is 0.354 e. The van der Waals surface area contributed by atoms with Gasteiger partial charge in [0.2, 0.25) is 0 Å². The second-order valence-electron chi connectivity index (χ2n) is 4.93. The van der Waals surface area contributed by atoms with Crippen LogP contribution in [-0.2, 0) is 4.74 Å². The van der Waals surface area contributed by atoms with Crippen LogP contribution in [0.25, 0.3) is 0 Å². The van der Waals surface area contributed by atoms with E-state index in [4.69, 9.17) is 4.74 Å². The van der Waals surface area contributed by atoms with Crippen LogP contribution in [0.5, 0.6) is 0 Å². The molecule has 1 aliphatic rings. The summed E-state index contributed by atoms with van der Waals surface area (Å²) in [6.07, 6.45) is 1.41. The molecule has 5 heteroatoms. The van der Waals surface area contributed by atoms with Gasteiger partial charge in [-0.25, -0.2) is 4.79 Å². The lowest BCUT2D eigenvalue weighted by atomic mass is 9.93. The molecule has 4 atom stereocenters. The number of aromatic amines is 1. The van der Waals surface area contributed by atoms with E-state index in [0.29, 0.717) is 11.5 Å². The summed E-state index contributed by atoms with van der Waals surface area (Å²) < 4.78 is 7.28. The summed E-state index contributed by atoms with van der Waals surface area (Å²) in [7, 11) is 0. The van der Waals surface area contributed by atoms with Gasteiger partial charge in [0.1, 0.15) is 6.23 Å². The first-order valence-electron chi connectivity index (χ1n) is 5.89. The van der Waals surface area contributed by atoms with E-state index in [-0.39, 0.29) is 23.8 Å². The van der Waals surface area contributed by atoms with Crippen molar-refractivity contribution in [1.82, 2.24) is 9.55 Å². The minimum absolute atomic E-state index is 0.120. The number of rotatable bonds is 1. The Bertz CT molecular complexity index is 531. The van der Waals surface area contributed by atoms with Gasteiger partial charge >= 0.3 is 5.69 Å². The topological polar surface area (TPSA) is 64.1 Å². The highest BCUT2D eigenvalue weighted by Crippen LogP contribution is 2.37. The fourth-order valence-electron chi connectivity index (χ4n) is 2.25. The fourth-order valence-corrected chi connectivity index (χ4v) is 2.25. The fraction of sp³-hybridized carbons (Fsp3) is 0.667. The van der Waals surface area contributed by atoms with Crippen LogP contribution >= 0.6 is 0 Å².